The molecule has 17 fully saturated rings. The van der Waals surface area contributed by atoms with Gasteiger partial charge in [0.1, 0.15) is 36.6 Å². The van der Waals surface area contributed by atoms with Crippen molar-refractivity contribution in [2.24, 2.45) is 23.7 Å². The molecule has 17 aliphatic heterocycles. The molecule has 20 heteroatoms. The lowest BCUT2D eigenvalue weighted by molar-refractivity contribution is -0.369. The Morgan fingerprint density at radius 3 is 2.05 bits per heavy atom. The number of hydrogen-bond donors (Lipinski definition) is 3. The van der Waals surface area contributed by atoms with E-state index < -0.39 is 90.3 Å². The first-order chi connectivity index (χ1) is 38.9. The van der Waals surface area contributed by atoms with Crippen molar-refractivity contribution < 1.29 is 95.9 Å². The van der Waals surface area contributed by atoms with Crippen LogP contribution in [-0.2, 0) is 80.6 Å². The fraction of sp³-hybridized carbons (Fsp3) is 0.918. The van der Waals surface area contributed by atoms with Gasteiger partial charge in [-0.1, -0.05) is 40.9 Å². The van der Waals surface area contributed by atoms with Crippen molar-refractivity contribution in [3.8, 4) is 0 Å². The summed E-state index contributed by atoms with van der Waals surface area (Å²) >= 11 is 0. The SMILES string of the molecule is C=C1C[C@@H]2CC[C@@]34C[C@H]5O[C@H]6[C@@H](O3)[C@H]3O[C@H](CC[C@@H]3O[C@@]6(O)[C@@H]5O4)CC(=O)O[C@@H]3[C@@H](C)[C@@H]4O[C@@H]5C[C@]6(C[C@@H]7O[C@]8(C[C@H](C)[C@@H]9OC%10CC(C(O)CO)OC%10C[C@@H]9O8)C[C@H](C)[C@@H]7O6)O[C@@H]5C[C@@H]4O[C@H]3C[C@H]3O[C@@H](CC[C@@H]1O2)C[C@@H](C)C3=C. The summed E-state index contributed by atoms with van der Waals surface area (Å²) in [4.78, 5) is 14.6. The summed E-state index contributed by atoms with van der Waals surface area (Å²) in [7, 11) is 0. The van der Waals surface area contributed by atoms with Crippen molar-refractivity contribution in [3.63, 3.8) is 0 Å². The zero-order chi connectivity index (χ0) is 55.2. The average Bonchev–Trinajstić information content (AvgIpc) is 4.40. The monoisotopic (exact) mass is 1140 g/mol. The molecule has 17 heterocycles. The fourth-order valence-corrected chi connectivity index (χ4v) is 18.9. The predicted octanol–water partition coefficient (Wildman–Crippen LogP) is 4.65. The maximum Gasteiger partial charge on any atom is 0.308 e. The van der Waals surface area contributed by atoms with E-state index in [9.17, 15) is 20.1 Å². The number of ether oxygens (including phenoxy) is 16. The van der Waals surface area contributed by atoms with E-state index in [1.54, 1.807) is 0 Å². The van der Waals surface area contributed by atoms with Gasteiger partial charge in [0.05, 0.1) is 129 Å². The molecule has 0 saturated carbocycles. The van der Waals surface area contributed by atoms with E-state index in [1.165, 1.54) is 0 Å². The average molecular weight is 1140 g/mol. The zero-order valence-electron chi connectivity index (χ0n) is 47.4. The highest BCUT2D eigenvalue weighted by atomic mass is 16.8. The van der Waals surface area contributed by atoms with Gasteiger partial charge in [0.15, 0.2) is 17.4 Å². The van der Waals surface area contributed by atoms with Crippen LogP contribution in [0.1, 0.15) is 143 Å². The number of hydrogen-bond acceptors (Lipinski definition) is 20. The fourth-order valence-electron chi connectivity index (χ4n) is 18.9. The van der Waals surface area contributed by atoms with Crippen LogP contribution in [0.3, 0.4) is 0 Å². The minimum absolute atomic E-state index is 0.00701. The molecule has 33 atom stereocenters. The highest BCUT2D eigenvalue weighted by molar-refractivity contribution is 5.70. The van der Waals surface area contributed by atoms with Gasteiger partial charge in [-0.15, -0.1) is 0 Å². The van der Waals surface area contributed by atoms with Crippen LogP contribution in [-0.4, -0.2) is 204 Å². The second-order valence-electron chi connectivity index (χ2n) is 28.3. The van der Waals surface area contributed by atoms with Crippen molar-refractivity contribution in [1.82, 2.24) is 0 Å². The molecule has 20 nitrogen and oxygen atoms in total. The molecule has 0 aliphatic carbocycles. The van der Waals surface area contributed by atoms with Crippen molar-refractivity contribution in [3.05, 3.63) is 24.3 Å². The maximum absolute atomic E-state index is 14.6. The Morgan fingerprint density at radius 1 is 0.506 bits per heavy atom. The van der Waals surface area contributed by atoms with E-state index in [2.05, 4.69) is 40.9 Å². The van der Waals surface area contributed by atoms with Crippen LogP contribution >= 0.6 is 0 Å². The summed E-state index contributed by atoms with van der Waals surface area (Å²) in [5, 5.41) is 32.2. The highest BCUT2D eigenvalue weighted by Crippen LogP contribution is 2.59. The molecule has 3 N–H and O–H groups in total. The van der Waals surface area contributed by atoms with Gasteiger partial charge < -0.3 is 91.1 Å². The lowest BCUT2D eigenvalue weighted by Crippen LogP contribution is -2.67. The van der Waals surface area contributed by atoms with Gasteiger partial charge in [-0.25, -0.2) is 0 Å². The third-order valence-electron chi connectivity index (χ3n) is 22.7. The number of rotatable bonds is 2. The molecule has 17 saturated heterocycles. The lowest BCUT2D eigenvalue weighted by Gasteiger charge is -2.54. The Morgan fingerprint density at radius 2 is 1.20 bits per heavy atom. The topological polar surface area (TPSA) is 225 Å². The Bertz CT molecular complexity index is 2470. The zero-order valence-corrected chi connectivity index (χ0v) is 47.4. The van der Waals surface area contributed by atoms with E-state index in [0.29, 0.717) is 83.5 Å². The predicted molar refractivity (Wildman–Crippen MR) is 278 cm³/mol. The van der Waals surface area contributed by atoms with Gasteiger partial charge in [0, 0.05) is 70.1 Å². The van der Waals surface area contributed by atoms with Crippen molar-refractivity contribution in [2.45, 2.75) is 319 Å². The second kappa shape index (κ2) is 19.9. The maximum atomic E-state index is 14.6. The van der Waals surface area contributed by atoms with E-state index in [1.807, 2.05) is 0 Å². The molecule has 450 valence electrons. The van der Waals surface area contributed by atoms with Gasteiger partial charge >= 0.3 is 5.97 Å². The van der Waals surface area contributed by atoms with E-state index in [4.69, 9.17) is 75.8 Å². The molecule has 0 aromatic heterocycles. The Hall–Kier alpha value is -1.77. The number of carbonyl (C=O) groups excluding carboxylic acids is 1. The molecular formula is C61H86O20. The third kappa shape index (κ3) is 9.04. The molecule has 17 rings (SSSR count). The van der Waals surface area contributed by atoms with Crippen LogP contribution < -0.4 is 0 Å². The molecular weight excluding hydrogens is 1050 g/mol. The first kappa shape index (κ1) is 54.6. The number of esters is 1. The van der Waals surface area contributed by atoms with Crippen LogP contribution in [0.2, 0.25) is 0 Å². The number of carbonyl (C=O) groups is 1. The molecule has 81 heavy (non-hydrogen) atoms. The van der Waals surface area contributed by atoms with Crippen LogP contribution in [0.5, 0.6) is 0 Å². The summed E-state index contributed by atoms with van der Waals surface area (Å²) in [6.45, 7) is 17.5. The highest BCUT2D eigenvalue weighted by Gasteiger charge is 2.76. The summed E-state index contributed by atoms with van der Waals surface area (Å²) < 4.78 is 110. The quantitative estimate of drug-likeness (QED) is 0.253. The molecule has 0 amide bonds. The minimum atomic E-state index is -1.67. The van der Waals surface area contributed by atoms with Crippen molar-refractivity contribution >= 4 is 5.97 Å². The van der Waals surface area contributed by atoms with Crippen LogP contribution in [0.15, 0.2) is 24.3 Å². The van der Waals surface area contributed by atoms with Crippen LogP contribution in [0, 0.1) is 23.7 Å². The van der Waals surface area contributed by atoms with E-state index >= 15 is 0 Å². The van der Waals surface area contributed by atoms with Gasteiger partial charge in [-0.2, -0.15) is 0 Å². The molecule has 17 aliphatic rings. The normalized spacial score (nSPS) is 59.3. The molecule has 12 bridgehead atoms. The standard InChI is InChI=1S/C61H86O20/c1-26-13-32-7-9-36-27(2)14-34(66-36)11-12-58-24-48-56(81-58)61(65)57(73-48)55(80-58)54-37(78-61)10-8-33(68-54)15-49(64)74-53-31(6)52-44(70-43(53)16-38(67-32)30(26)5)19-42-46(72-52)22-60(75-42)23-47-51(79-60)29(4)21-59(77-47)20-28(3)50-45(76-59)18-40-41(71-50)17-39(69-40)35(63)25-62/h26,28-29,31-48,50-57,62-63,65H,2,5,7-25H2,1,3-4,6H3/t26-,28+,29+,31+,32+,33-,34+,35?,36+,37+,38-,39?,40?,41?,42-,43+,44+,45+,46-,47+,48-,50+,51+,52+,53-,54+,55+,56-,57+,58-,59-,60+,61+/m1/s1. The van der Waals surface area contributed by atoms with Crippen molar-refractivity contribution in [2.75, 3.05) is 6.61 Å². The smallest absolute Gasteiger partial charge is 0.308 e. The number of aliphatic hydroxyl groups is 3. The first-order valence-corrected chi connectivity index (χ1v) is 31.5. The summed E-state index contributed by atoms with van der Waals surface area (Å²) in [5.41, 5.74) is 2.10. The first-order valence-electron chi connectivity index (χ1n) is 31.5. The number of aliphatic hydroxyl groups excluding tert-OH is 2. The largest absolute Gasteiger partial charge is 0.459 e. The van der Waals surface area contributed by atoms with E-state index in [-0.39, 0.29) is 128 Å². The Labute approximate surface area is 474 Å². The van der Waals surface area contributed by atoms with Gasteiger partial charge in [-0.05, 0) is 73.8 Å². The molecule has 0 radical (unpaired) electrons. The summed E-state index contributed by atoms with van der Waals surface area (Å²) in [5.74, 6) is -4.61. The molecule has 0 aromatic carbocycles. The van der Waals surface area contributed by atoms with Gasteiger partial charge in [-0.3, -0.25) is 4.79 Å². The summed E-state index contributed by atoms with van der Waals surface area (Å²) in [6.07, 6.45) is 0.739. The van der Waals surface area contributed by atoms with Gasteiger partial charge in [0.2, 0.25) is 5.79 Å². The Kier molecular flexibility index (Phi) is 13.4. The minimum Gasteiger partial charge on any atom is -0.459 e. The third-order valence-corrected chi connectivity index (χ3v) is 22.7. The molecule has 4 unspecified atom stereocenters. The van der Waals surface area contributed by atoms with Crippen LogP contribution in [0.4, 0.5) is 0 Å². The molecule has 0 aromatic rings. The van der Waals surface area contributed by atoms with Crippen molar-refractivity contribution in [1.29, 1.82) is 0 Å². The van der Waals surface area contributed by atoms with E-state index in [0.717, 1.165) is 36.8 Å². The number of fused-ring (bicyclic) bond motifs is 11. The Balaban J connectivity index is 0.631. The molecule has 3 spiro atoms. The van der Waals surface area contributed by atoms with Gasteiger partial charge in [0.25, 0.3) is 0 Å². The lowest BCUT2D eigenvalue weighted by atomic mass is 9.78. The summed E-state index contributed by atoms with van der Waals surface area (Å²) in [6, 6.07) is 0. The van der Waals surface area contributed by atoms with Crippen LogP contribution in [0.25, 0.3) is 0 Å². The second-order valence-corrected chi connectivity index (χ2v) is 28.3.